The summed E-state index contributed by atoms with van der Waals surface area (Å²) in [6, 6.07) is 0. The minimum absolute atomic E-state index is 0.242. The van der Waals surface area contributed by atoms with E-state index in [1.54, 1.807) is 0 Å². The zero-order valence-electron chi connectivity index (χ0n) is 7.76. The smallest absolute Gasteiger partial charge is 0.0667 e. The highest BCUT2D eigenvalue weighted by atomic mass is 35.5. The summed E-state index contributed by atoms with van der Waals surface area (Å²) in [4.78, 5) is 0. The van der Waals surface area contributed by atoms with Gasteiger partial charge in [0.25, 0.3) is 0 Å². The quantitative estimate of drug-likeness (QED) is 0.627. The van der Waals surface area contributed by atoms with Crippen molar-refractivity contribution in [3.8, 4) is 0 Å². The van der Waals surface area contributed by atoms with E-state index in [0.717, 1.165) is 13.0 Å². The van der Waals surface area contributed by atoms with E-state index < -0.39 is 0 Å². The Morgan fingerprint density at radius 2 is 2.17 bits per heavy atom. The van der Waals surface area contributed by atoms with Crippen LogP contribution < -0.4 is 5.32 Å². The fourth-order valence-electron chi connectivity index (χ4n) is 1.01. The van der Waals surface area contributed by atoms with Crippen molar-refractivity contribution in [2.24, 2.45) is 5.92 Å². The summed E-state index contributed by atoms with van der Waals surface area (Å²) in [7, 11) is 0. The first-order chi connectivity index (χ1) is 5.66. The lowest BCUT2D eigenvalue weighted by Crippen LogP contribution is -2.27. The summed E-state index contributed by atoms with van der Waals surface area (Å²) >= 11 is 5.32. The molecule has 0 amide bonds. The molecule has 1 unspecified atom stereocenters. The molecule has 72 valence electrons. The Hall–Kier alpha value is -0.0500. The van der Waals surface area contributed by atoms with Crippen LogP contribution in [0.2, 0.25) is 0 Å². The highest BCUT2D eigenvalue weighted by molar-refractivity contribution is 6.25. The minimum Gasteiger partial charge on any atom is -0.392 e. The van der Waals surface area contributed by atoms with E-state index in [9.17, 15) is 5.11 Å². The van der Waals surface area contributed by atoms with Gasteiger partial charge in [0.05, 0.1) is 6.10 Å². The molecule has 0 rings (SSSR count). The van der Waals surface area contributed by atoms with Crippen molar-refractivity contribution in [1.29, 1.82) is 0 Å². The molecule has 2 N–H and O–H groups in total. The molecule has 0 fully saturated rings. The maximum atomic E-state index is 9.40. The molecule has 0 bridgehead atoms. The number of rotatable bonds is 6. The summed E-state index contributed by atoms with van der Waals surface area (Å²) < 4.78 is 0. The van der Waals surface area contributed by atoms with Crippen LogP contribution in [-0.2, 0) is 0 Å². The molecule has 0 saturated carbocycles. The Morgan fingerprint density at radius 1 is 1.50 bits per heavy atom. The van der Waals surface area contributed by atoms with E-state index in [1.165, 1.54) is 5.54 Å². The molecule has 0 aliphatic carbocycles. The predicted molar refractivity (Wildman–Crippen MR) is 53.3 cm³/mol. The van der Waals surface area contributed by atoms with Crippen molar-refractivity contribution in [2.75, 3.05) is 13.1 Å². The SMILES string of the molecule is CC(C)CC(O)CNC/C=C/Cl. The first-order valence-electron chi connectivity index (χ1n) is 4.30. The summed E-state index contributed by atoms with van der Waals surface area (Å²) in [5.74, 6) is 0.547. The van der Waals surface area contributed by atoms with Gasteiger partial charge in [-0.25, -0.2) is 0 Å². The van der Waals surface area contributed by atoms with Gasteiger partial charge in [0.1, 0.15) is 0 Å². The van der Waals surface area contributed by atoms with Crippen LogP contribution in [0.1, 0.15) is 20.3 Å². The molecule has 1 atom stereocenters. The van der Waals surface area contributed by atoms with Crippen molar-refractivity contribution >= 4 is 11.6 Å². The van der Waals surface area contributed by atoms with Crippen LogP contribution in [0.25, 0.3) is 0 Å². The number of aliphatic hydroxyl groups is 1. The average molecular weight is 192 g/mol. The van der Waals surface area contributed by atoms with Crippen molar-refractivity contribution in [1.82, 2.24) is 5.32 Å². The van der Waals surface area contributed by atoms with Gasteiger partial charge < -0.3 is 10.4 Å². The van der Waals surface area contributed by atoms with Crippen molar-refractivity contribution in [3.05, 3.63) is 11.6 Å². The average Bonchev–Trinajstić information content (AvgIpc) is 1.97. The number of hydrogen-bond acceptors (Lipinski definition) is 2. The van der Waals surface area contributed by atoms with Gasteiger partial charge >= 0.3 is 0 Å². The van der Waals surface area contributed by atoms with Crippen LogP contribution >= 0.6 is 11.6 Å². The number of nitrogens with one attached hydrogen (secondary N) is 1. The maximum Gasteiger partial charge on any atom is 0.0667 e. The molecule has 0 saturated heterocycles. The number of halogens is 1. The van der Waals surface area contributed by atoms with Gasteiger partial charge in [-0.2, -0.15) is 0 Å². The van der Waals surface area contributed by atoms with Crippen molar-refractivity contribution in [3.63, 3.8) is 0 Å². The fourth-order valence-corrected chi connectivity index (χ4v) is 1.09. The molecule has 0 aromatic carbocycles. The Labute approximate surface area is 79.6 Å². The van der Waals surface area contributed by atoms with Gasteiger partial charge in [-0.3, -0.25) is 0 Å². The Morgan fingerprint density at radius 3 is 2.67 bits per heavy atom. The van der Waals surface area contributed by atoms with Gasteiger partial charge in [0, 0.05) is 18.6 Å². The third-order valence-electron chi connectivity index (χ3n) is 1.47. The van der Waals surface area contributed by atoms with Gasteiger partial charge in [0.15, 0.2) is 0 Å². The first-order valence-corrected chi connectivity index (χ1v) is 4.74. The number of aliphatic hydroxyl groups excluding tert-OH is 1. The lowest BCUT2D eigenvalue weighted by molar-refractivity contribution is 0.148. The lowest BCUT2D eigenvalue weighted by Gasteiger charge is -2.12. The molecule has 0 spiro atoms. The van der Waals surface area contributed by atoms with E-state index in [1.807, 2.05) is 6.08 Å². The van der Waals surface area contributed by atoms with Crippen LogP contribution in [0.4, 0.5) is 0 Å². The topological polar surface area (TPSA) is 32.3 Å². The second-order valence-electron chi connectivity index (χ2n) is 3.30. The second kappa shape index (κ2) is 7.59. The summed E-state index contributed by atoms with van der Waals surface area (Å²) in [6.07, 6.45) is 2.41. The van der Waals surface area contributed by atoms with E-state index in [2.05, 4.69) is 19.2 Å². The molecular formula is C9H18ClNO. The summed E-state index contributed by atoms with van der Waals surface area (Å²) in [5.41, 5.74) is 1.47. The molecule has 0 aromatic heterocycles. The zero-order valence-corrected chi connectivity index (χ0v) is 8.51. The third kappa shape index (κ3) is 8.05. The first kappa shape index (κ1) is 11.9. The summed E-state index contributed by atoms with van der Waals surface area (Å²) in [5, 5.41) is 12.5. The normalized spacial score (nSPS) is 14.4. The monoisotopic (exact) mass is 191 g/mol. The van der Waals surface area contributed by atoms with E-state index in [-0.39, 0.29) is 6.10 Å². The fraction of sp³-hybridized carbons (Fsp3) is 0.778. The molecule has 0 aliphatic heterocycles. The van der Waals surface area contributed by atoms with Crippen molar-refractivity contribution < 1.29 is 5.11 Å². The molecular weight excluding hydrogens is 174 g/mol. The minimum atomic E-state index is -0.242. The molecule has 0 radical (unpaired) electrons. The van der Waals surface area contributed by atoms with E-state index in [4.69, 9.17) is 11.6 Å². The van der Waals surface area contributed by atoms with Gasteiger partial charge in [-0.1, -0.05) is 31.5 Å². The highest BCUT2D eigenvalue weighted by Gasteiger charge is 2.04. The van der Waals surface area contributed by atoms with E-state index in [0.29, 0.717) is 12.5 Å². The van der Waals surface area contributed by atoms with E-state index >= 15 is 0 Å². The molecule has 2 nitrogen and oxygen atoms in total. The second-order valence-corrected chi connectivity index (χ2v) is 3.56. The third-order valence-corrected chi connectivity index (χ3v) is 1.65. The molecule has 3 heteroatoms. The molecule has 0 aromatic rings. The Kier molecular flexibility index (Phi) is 7.56. The number of hydrogen-bond donors (Lipinski definition) is 2. The maximum absolute atomic E-state index is 9.40. The molecule has 0 aliphatic rings. The van der Waals surface area contributed by atoms with Crippen LogP contribution in [0.3, 0.4) is 0 Å². The van der Waals surface area contributed by atoms with Crippen LogP contribution in [0, 0.1) is 5.92 Å². The Balaban J connectivity index is 3.25. The zero-order chi connectivity index (χ0) is 9.40. The van der Waals surface area contributed by atoms with Crippen molar-refractivity contribution in [2.45, 2.75) is 26.4 Å². The van der Waals surface area contributed by atoms with Gasteiger partial charge in [0.2, 0.25) is 0 Å². The predicted octanol–water partition coefficient (Wildman–Crippen LogP) is 1.74. The van der Waals surface area contributed by atoms with Crippen LogP contribution in [0.5, 0.6) is 0 Å². The standard InChI is InChI=1S/C9H18ClNO/c1-8(2)6-9(12)7-11-5-3-4-10/h3-4,8-9,11-12H,5-7H2,1-2H3/b4-3+. The van der Waals surface area contributed by atoms with Crippen LogP contribution in [0.15, 0.2) is 11.6 Å². The molecule has 12 heavy (non-hydrogen) atoms. The largest absolute Gasteiger partial charge is 0.392 e. The van der Waals surface area contributed by atoms with Gasteiger partial charge in [-0.15, -0.1) is 0 Å². The lowest BCUT2D eigenvalue weighted by atomic mass is 10.1. The highest BCUT2D eigenvalue weighted by Crippen LogP contribution is 2.02. The van der Waals surface area contributed by atoms with Gasteiger partial charge in [-0.05, 0) is 12.3 Å². The Bertz CT molecular complexity index is 126. The van der Waals surface area contributed by atoms with Crippen LogP contribution in [-0.4, -0.2) is 24.3 Å². The molecule has 0 heterocycles. The summed E-state index contributed by atoms with van der Waals surface area (Å²) in [6.45, 7) is 5.56.